The zero-order valence-electron chi connectivity index (χ0n) is 12.8. The van der Waals surface area contributed by atoms with Gasteiger partial charge in [-0.15, -0.1) is 0 Å². The van der Waals surface area contributed by atoms with Crippen molar-refractivity contribution in [2.75, 3.05) is 0 Å². The monoisotopic (exact) mass is 314 g/mol. The number of benzene rings is 2. The first-order chi connectivity index (χ1) is 11.1. The Balaban J connectivity index is 1.93. The van der Waals surface area contributed by atoms with E-state index in [0.29, 0.717) is 6.42 Å². The molecule has 0 saturated carbocycles. The third-order valence-electron chi connectivity index (χ3n) is 3.42. The van der Waals surface area contributed by atoms with Crippen molar-refractivity contribution in [3.8, 4) is 0 Å². The molecule has 2 aromatic carbocycles. The van der Waals surface area contributed by atoms with Crippen LogP contribution in [-0.2, 0) is 11.3 Å². The predicted molar refractivity (Wildman–Crippen MR) is 85.9 cm³/mol. The molecule has 1 atom stereocenters. The average Bonchev–Trinajstić information content (AvgIpc) is 2.59. The number of nitrogens with one attached hydrogen (secondary N) is 1. The number of carbonyl (C=O) groups is 1. The normalized spacial score (nSPS) is 11.5. The molecule has 0 heterocycles. The molecule has 2 rings (SSSR count). The predicted octanol–water partition coefficient (Wildman–Crippen LogP) is 3.97. The molecule has 0 spiro atoms. The first-order valence-electron chi connectivity index (χ1n) is 7.31. The number of nitro groups is 1. The van der Waals surface area contributed by atoms with Crippen LogP contribution in [0.3, 0.4) is 0 Å². The van der Waals surface area contributed by atoms with Gasteiger partial charge in [-0.05, 0) is 17.5 Å². The summed E-state index contributed by atoms with van der Waals surface area (Å²) in [6.07, 6.45) is 0.136. The number of alkyl carbamates (subject to hydrolysis) is 1. The molecule has 23 heavy (non-hydrogen) atoms. The lowest BCUT2D eigenvalue weighted by molar-refractivity contribution is -0.384. The quantitative estimate of drug-likeness (QED) is 0.646. The van der Waals surface area contributed by atoms with Crippen LogP contribution in [0.15, 0.2) is 54.6 Å². The highest BCUT2D eigenvalue weighted by atomic mass is 16.6. The van der Waals surface area contributed by atoms with Crippen molar-refractivity contribution < 1.29 is 14.5 Å². The van der Waals surface area contributed by atoms with Crippen molar-refractivity contribution in [2.24, 2.45) is 0 Å². The molecular weight excluding hydrogens is 296 g/mol. The van der Waals surface area contributed by atoms with Gasteiger partial charge >= 0.3 is 6.09 Å². The SMILES string of the molecule is CCC(NC(=O)OCc1ccccc1)c1ccc([N+](=O)[O-])cc1. The molecule has 2 aromatic rings. The summed E-state index contributed by atoms with van der Waals surface area (Å²) in [5.74, 6) is 0. The molecule has 0 aliphatic rings. The van der Waals surface area contributed by atoms with Gasteiger partial charge in [0.05, 0.1) is 11.0 Å². The number of non-ortho nitro benzene ring substituents is 1. The lowest BCUT2D eigenvalue weighted by atomic mass is 10.0. The maximum absolute atomic E-state index is 11.9. The van der Waals surface area contributed by atoms with Crippen LogP contribution in [0.5, 0.6) is 0 Å². The van der Waals surface area contributed by atoms with E-state index in [1.807, 2.05) is 37.3 Å². The molecule has 6 nitrogen and oxygen atoms in total. The highest BCUT2D eigenvalue weighted by molar-refractivity contribution is 5.68. The Hall–Kier alpha value is -2.89. The summed E-state index contributed by atoms with van der Waals surface area (Å²) in [5.41, 5.74) is 1.73. The van der Waals surface area contributed by atoms with Gasteiger partial charge in [0.1, 0.15) is 6.61 Å². The summed E-state index contributed by atoms with van der Waals surface area (Å²) in [5, 5.41) is 13.4. The van der Waals surface area contributed by atoms with Crippen molar-refractivity contribution in [1.82, 2.24) is 5.32 Å². The molecule has 0 saturated heterocycles. The maximum Gasteiger partial charge on any atom is 0.407 e. The van der Waals surface area contributed by atoms with Gasteiger partial charge in [0.25, 0.3) is 5.69 Å². The fourth-order valence-electron chi connectivity index (χ4n) is 2.16. The second-order valence-corrected chi connectivity index (χ2v) is 5.02. The summed E-state index contributed by atoms with van der Waals surface area (Å²) in [6, 6.07) is 15.3. The average molecular weight is 314 g/mol. The van der Waals surface area contributed by atoms with Crippen molar-refractivity contribution in [2.45, 2.75) is 26.0 Å². The van der Waals surface area contributed by atoms with E-state index in [2.05, 4.69) is 5.32 Å². The van der Waals surface area contributed by atoms with Crippen LogP contribution in [-0.4, -0.2) is 11.0 Å². The molecule has 6 heteroatoms. The molecule has 1 amide bonds. The Kier molecular flexibility index (Phi) is 5.68. The summed E-state index contributed by atoms with van der Waals surface area (Å²) in [4.78, 5) is 22.1. The zero-order chi connectivity index (χ0) is 16.7. The minimum Gasteiger partial charge on any atom is -0.445 e. The first-order valence-corrected chi connectivity index (χ1v) is 7.31. The smallest absolute Gasteiger partial charge is 0.407 e. The van der Waals surface area contributed by atoms with Gasteiger partial charge in [0, 0.05) is 12.1 Å². The van der Waals surface area contributed by atoms with Crippen LogP contribution in [0.4, 0.5) is 10.5 Å². The Morgan fingerprint density at radius 1 is 1.17 bits per heavy atom. The number of amides is 1. The molecular formula is C17H18N2O4. The van der Waals surface area contributed by atoms with Crippen LogP contribution < -0.4 is 5.32 Å². The molecule has 0 radical (unpaired) electrons. The Bertz CT molecular complexity index is 656. The minimum absolute atomic E-state index is 0.0234. The number of nitro benzene ring substituents is 1. The highest BCUT2D eigenvalue weighted by Crippen LogP contribution is 2.20. The van der Waals surface area contributed by atoms with Gasteiger partial charge in [-0.1, -0.05) is 49.4 Å². The highest BCUT2D eigenvalue weighted by Gasteiger charge is 2.15. The Labute approximate surface area is 134 Å². The van der Waals surface area contributed by atoms with E-state index < -0.39 is 11.0 Å². The largest absolute Gasteiger partial charge is 0.445 e. The summed E-state index contributed by atoms with van der Waals surface area (Å²) >= 11 is 0. The van der Waals surface area contributed by atoms with Gasteiger partial charge < -0.3 is 10.1 Å². The van der Waals surface area contributed by atoms with Gasteiger partial charge in [-0.25, -0.2) is 4.79 Å². The van der Waals surface area contributed by atoms with Crippen LogP contribution in [0.25, 0.3) is 0 Å². The van der Waals surface area contributed by atoms with E-state index in [1.165, 1.54) is 12.1 Å². The van der Waals surface area contributed by atoms with Crippen molar-refractivity contribution in [1.29, 1.82) is 0 Å². The zero-order valence-corrected chi connectivity index (χ0v) is 12.8. The van der Waals surface area contributed by atoms with Gasteiger partial charge in [0.15, 0.2) is 0 Å². The van der Waals surface area contributed by atoms with E-state index in [0.717, 1.165) is 11.1 Å². The molecule has 0 aliphatic carbocycles. The van der Waals surface area contributed by atoms with Crippen molar-refractivity contribution in [3.63, 3.8) is 0 Å². The standard InChI is InChI=1S/C17H18N2O4/c1-2-16(14-8-10-15(11-9-14)19(21)22)18-17(20)23-12-13-6-4-3-5-7-13/h3-11,16H,2,12H2,1H3,(H,18,20). The Morgan fingerprint density at radius 3 is 2.39 bits per heavy atom. The fraction of sp³-hybridized carbons (Fsp3) is 0.235. The van der Waals surface area contributed by atoms with Crippen LogP contribution in [0.1, 0.15) is 30.5 Å². The van der Waals surface area contributed by atoms with E-state index >= 15 is 0 Å². The second kappa shape index (κ2) is 7.93. The molecule has 120 valence electrons. The maximum atomic E-state index is 11.9. The summed E-state index contributed by atoms with van der Waals surface area (Å²) < 4.78 is 5.19. The number of hydrogen-bond donors (Lipinski definition) is 1. The lowest BCUT2D eigenvalue weighted by Gasteiger charge is -2.17. The van der Waals surface area contributed by atoms with Crippen molar-refractivity contribution >= 4 is 11.8 Å². The van der Waals surface area contributed by atoms with Gasteiger partial charge in [0.2, 0.25) is 0 Å². The van der Waals surface area contributed by atoms with Crippen LogP contribution >= 0.6 is 0 Å². The topological polar surface area (TPSA) is 81.5 Å². The summed E-state index contributed by atoms with van der Waals surface area (Å²) in [7, 11) is 0. The molecule has 0 aliphatic heterocycles. The third kappa shape index (κ3) is 4.81. The fourth-order valence-corrected chi connectivity index (χ4v) is 2.16. The second-order valence-electron chi connectivity index (χ2n) is 5.02. The van der Waals surface area contributed by atoms with E-state index in [9.17, 15) is 14.9 Å². The van der Waals surface area contributed by atoms with Gasteiger partial charge in [-0.3, -0.25) is 10.1 Å². The molecule has 0 bridgehead atoms. The van der Waals surface area contributed by atoms with Crippen LogP contribution in [0, 0.1) is 10.1 Å². The number of carbonyl (C=O) groups excluding carboxylic acids is 1. The van der Waals surface area contributed by atoms with E-state index in [1.54, 1.807) is 12.1 Å². The molecule has 1 unspecified atom stereocenters. The molecule has 1 N–H and O–H groups in total. The molecule has 0 aromatic heterocycles. The molecule has 0 fully saturated rings. The third-order valence-corrected chi connectivity index (χ3v) is 3.42. The Morgan fingerprint density at radius 2 is 1.83 bits per heavy atom. The van der Waals surface area contributed by atoms with Crippen LogP contribution in [0.2, 0.25) is 0 Å². The number of nitrogens with zero attached hydrogens (tertiary/aromatic N) is 1. The summed E-state index contributed by atoms with van der Waals surface area (Å²) in [6.45, 7) is 2.12. The number of rotatable bonds is 6. The van der Waals surface area contributed by atoms with Crippen molar-refractivity contribution in [3.05, 3.63) is 75.8 Å². The van der Waals surface area contributed by atoms with E-state index in [-0.39, 0.29) is 18.3 Å². The minimum atomic E-state index is -0.515. The first kappa shape index (κ1) is 16.5. The lowest BCUT2D eigenvalue weighted by Crippen LogP contribution is -2.28. The van der Waals surface area contributed by atoms with E-state index in [4.69, 9.17) is 4.74 Å². The number of hydrogen-bond acceptors (Lipinski definition) is 4. The van der Waals surface area contributed by atoms with Gasteiger partial charge in [-0.2, -0.15) is 0 Å². The number of ether oxygens (including phenoxy) is 1.